The molecule has 0 saturated heterocycles. The van der Waals surface area contributed by atoms with Gasteiger partial charge in [0, 0.05) is 27.5 Å². The Morgan fingerprint density at radius 2 is 0.846 bits per heavy atom. The van der Waals surface area contributed by atoms with Gasteiger partial charge in [0.2, 0.25) is 0 Å². The van der Waals surface area contributed by atoms with Gasteiger partial charge in [-0.1, -0.05) is 24.3 Å². The molecule has 69 valence electrons. The third kappa shape index (κ3) is 52.1. The van der Waals surface area contributed by atoms with Crippen molar-refractivity contribution < 1.29 is 35.0 Å². The molecule has 0 atom stereocenters. The van der Waals surface area contributed by atoms with E-state index in [1.54, 1.807) is 0 Å². The van der Waals surface area contributed by atoms with E-state index in [0.29, 0.717) is 0 Å². The largest absolute Gasteiger partial charge is 0.358 e. The third-order valence-corrected chi connectivity index (χ3v) is 0.556. The molecule has 3 nitrogen and oxygen atoms in total. The molecular weight excluding hydrogens is 340 g/mol. The summed E-state index contributed by atoms with van der Waals surface area (Å²) in [5, 5.41) is 0. The molecule has 1 aliphatic carbocycles. The molecular formula is C9H8O3W-. The van der Waals surface area contributed by atoms with Crippen LogP contribution in [0.4, 0.5) is 0 Å². The first-order chi connectivity index (χ1) is 5.50. The van der Waals surface area contributed by atoms with Crippen LogP contribution < -0.4 is 0 Å². The van der Waals surface area contributed by atoms with Crippen LogP contribution >= 0.6 is 0 Å². The molecule has 0 bridgehead atoms. The van der Waals surface area contributed by atoms with Gasteiger partial charge in [0.05, 0.1) is 0 Å². The maximum absolute atomic E-state index is 7.50. The maximum Gasteiger partial charge on any atom is 0.00506 e. The summed E-state index contributed by atoms with van der Waals surface area (Å²) in [6.07, 6.45) is 10.0. The topological polar surface area (TPSA) is 59.7 Å². The van der Waals surface area contributed by atoms with Gasteiger partial charge < -0.3 is 7.43 Å². The Bertz CT molecular complexity index is 141. The summed E-state index contributed by atoms with van der Waals surface area (Å²) in [4.78, 5) is 0. The fourth-order valence-corrected chi connectivity index (χ4v) is 0.321. The van der Waals surface area contributed by atoms with Crippen molar-refractivity contribution in [3.8, 4) is 0 Å². The minimum atomic E-state index is 0. The predicted octanol–water partition coefficient (Wildman–Crippen LogP) is 1.65. The van der Waals surface area contributed by atoms with Crippen LogP contribution in [0, 0.1) is 33.8 Å². The monoisotopic (exact) mass is 348 g/mol. The second-order valence-electron chi connectivity index (χ2n) is 0.962. The number of hydrogen-bond acceptors (Lipinski definition) is 0. The van der Waals surface area contributed by atoms with Gasteiger partial charge in [-0.3, -0.25) is 0 Å². The summed E-state index contributed by atoms with van der Waals surface area (Å²) >= 11 is 0. The van der Waals surface area contributed by atoms with Crippen LogP contribution in [0.5, 0.6) is 0 Å². The van der Waals surface area contributed by atoms with Crippen LogP contribution in [0.3, 0.4) is 0 Å². The van der Waals surface area contributed by atoms with Crippen LogP contribution in [0.1, 0.15) is 0 Å². The van der Waals surface area contributed by atoms with Gasteiger partial charge in [-0.05, 0) is 0 Å². The molecule has 0 amide bonds. The zero-order chi connectivity index (χ0) is 9.54. The molecule has 0 aliphatic heterocycles. The minimum Gasteiger partial charge on any atom is -0.358 e. The Labute approximate surface area is 93.3 Å². The first kappa shape index (κ1) is 29.4. The van der Waals surface area contributed by atoms with Crippen LogP contribution in [0.25, 0.3) is 0 Å². The number of rotatable bonds is 0. The third-order valence-electron chi connectivity index (χ3n) is 0.556. The van der Waals surface area contributed by atoms with Gasteiger partial charge in [-0.2, -0.15) is 0 Å². The molecule has 0 aromatic rings. The molecule has 13 heavy (non-hydrogen) atoms. The molecule has 0 aromatic heterocycles. The molecule has 0 unspecified atom stereocenters. The van der Waals surface area contributed by atoms with Gasteiger partial charge in [-0.15, -0.1) is 0 Å². The molecule has 4 heteroatoms. The summed E-state index contributed by atoms with van der Waals surface area (Å²) in [6, 6.07) is 0. The van der Waals surface area contributed by atoms with Gasteiger partial charge in [0.1, 0.15) is 0 Å². The molecule has 0 saturated carbocycles. The molecule has 0 fully saturated rings. The van der Waals surface area contributed by atoms with E-state index in [2.05, 4.69) is 20.0 Å². The fraction of sp³-hybridized carbons (Fsp3) is 0. The van der Waals surface area contributed by atoms with E-state index in [-0.39, 0.29) is 28.5 Å². The number of hydrogen-bond donors (Lipinski definition) is 0. The minimum absolute atomic E-state index is 0. The summed E-state index contributed by atoms with van der Waals surface area (Å²) in [5.41, 5.74) is 0. The smallest absolute Gasteiger partial charge is 0.00506 e. The van der Waals surface area contributed by atoms with Crippen molar-refractivity contribution in [2.45, 2.75) is 0 Å². The standard InChI is InChI=1S/C5H5.3CO.CH3.W/c1-2-4-5-3-1;3*1-2;;/h1-5H;;;;1H3;/q;;;;-1;. The summed E-state index contributed by atoms with van der Waals surface area (Å²) < 4.78 is 22.5. The average Bonchev–Trinajstić information content (AvgIpc) is 2.71. The Kier molecular flexibility index (Phi) is 144. The van der Waals surface area contributed by atoms with Crippen molar-refractivity contribution in [1.29, 1.82) is 0 Å². The second-order valence-corrected chi connectivity index (χ2v) is 0.962. The van der Waals surface area contributed by atoms with E-state index in [1.807, 2.05) is 30.7 Å². The second kappa shape index (κ2) is 63.8. The van der Waals surface area contributed by atoms with Crippen LogP contribution in [-0.2, 0) is 35.0 Å². The first-order valence-corrected chi connectivity index (χ1v) is 2.28. The summed E-state index contributed by atoms with van der Waals surface area (Å²) in [7, 11) is 0. The molecule has 0 spiro atoms. The SMILES string of the molecule is [C-]#[O+].[C-]#[O+].[C-]#[O+].[CH3-].[CH]1C=CC=C1.[W]. The number of allylic oxidation sites excluding steroid dienone is 4. The van der Waals surface area contributed by atoms with Crippen LogP contribution in [0.2, 0.25) is 0 Å². The predicted molar refractivity (Wildman–Crippen MR) is 40.8 cm³/mol. The molecule has 1 rings (SSSR count). The molecule has 1 radical (unpaired) electrons. The van der Waals surface area contributed by atoms with E-state index < -0.39 is 0 Å². The van der Waals surface area contributed by atoms with Crippen molar-refractivity contribution in [3.63, 3.8) is 0 Å². The maximum atomic E-state index is 7.50. The van der Waals surface area contributed by atoms with Crippen molar-refractivity contribution in [3.05, 3.63) is 58.1 Å². The van der Waals surface area contributed by atoms with Crippen LogP contribution in [-0.4, -0.2) is 0 Å². The quantitative estimate of drug-likeness (QED) is 0.472. The summed E-state index contributed by atoms with van der Waals surface area (Å²) in [5.74, 6) is 0. The fourth-order valence-electron chi connectivity index (χ4n) is 0.321. The van der Waals surface area contributed by atoms with Crippen molar-refractivity contribution in [2.75, 3.05) is 0 Å². The zero-order valence-corrected chi connectivity index (χ0v) is 9.95. The van der Waals surface area contributed by atoms with Crippen molar-refractivity contribution >= 4 is 0 Å². The van der Waals surface area contributed by atoms with E-state index in [4.69, 9.17) is 14.0 Å². The average molecular weight is 348 g/mol. The van der Waals surface area contributed by atoms with E-state index in [9.17, 15) is 0 Å². The van der Waals surface area contributed by atoms with Gasteiger partial charge in [0.25, 0.3) is 0 Å². The Balaban J connectivity index is -0.0000000239. The molecule has 0 heterocycles. The van der Waals surface area contributed by atoms with Crippen molar-refractivity contribution in [2.24, 2.45) is 0 Å². The van der Waals surface area contributed by atoms with Gasteiger partial charge in [-0.25, -0.2) is 0 Å². The normalized spacial score (nSPS) is 7.23. The van der Waals surface area contributed by atoms with Gasteiger partial charge in [0.15, 0.2) is 0 Å². The Morgan fingerprint density at radius 1 is 0.615 bits per heavy atom. The Morgan fingerprint density at radius 3 is 0.923 bits per heavy atom. The van der Waals surface area contributed by atoms with E-state index in [1.165, 1.54) is 0 Å². The van der Waals surface area contributed by atoms with E-state index >= 15 is 0 Å². The zero-order valence-electron chi connectivity index (χ0n) is 7.02. The van der Waals surface area contributed by atoms with Crippen molar-refractivity contribution in [1.82, 2.24) is 0 Å². The molecule has 0 N–H and O–H groups in total. The molecule has 1 aliphatic rings. The Hall–Kier alpha value is -0.612. The molecule has 0 aromatic carbocycles. The first-order valence-electron chi connectivity index (χ1n) is 2.28. The summed E-state index contributed by atoms with van der Waals surface area (Å²) in [6.45, 7) is 13.5. The van der Waals surface area contributed by atoms with E-state index in [0.717, 1.165) is 0 Å². The van der Waals surface area contributed by atoms with Gasteiger partial charge >= 0.3 is 33.9 Å². The van der Waals surface area contributed by atoms with Crippen LogP contribution in [0.15, 0.2) is 24.3 Å².